The Balaban J connectivity index is 1.92. The van der Waals surface area contributed by atoms with Crippen LogP contribution < -0.4 is 10.1 Å². The first-order chi connectivity index (χ1) is 11.0. The summed E-state index contributed by atoms with van der Waals surface area (Å²) in [5, 5.41) is 11.7. The monoisotopic (exact) mass is 321 g/mol. The molecule has 1 heterocycles. The smallest absolute Gasteiger partial charge is 0.308 e. The van der Waals surface area contributed by atoms with E-state index in [-0.39, 0.29) is 12.0 Å². The van der Waals surface area contributed by atoms with Gasteiger partial charge in [0.2, 0.25) is 0 Å². The Bertz CT molecular complexity index is 554. The van der Waals surface area contributed by atoms with Crippen molar-refractivity contribution in [2.24, 2.45) is 5.92 Å². The maximum absolute atomic E-state index is 12.2. The van der Waals surface area contributed by atoms with Crippen LogP contribution in [-0.4, -0.2) is 42.3 Å². The minimum Gasteiger partial charge on any atom is -0.491 e. The highest BCUT2D eigenvalue weighted by atomic mass is 16.5. The molecule has 126 valence electrons. The van der Waals surface area contributed by atoms with Crippen molar-refractivity contribution in [3.63, 3.8) is 0 Å². The Hall–Kier alpha value is -2.08. The summed E-state index contributed by atoms with van der Waals surface area (Å²) in [4.78, 5) is 23.2. The zero-order valence-electron chi connectivity index (χ0n) is 13.5. The summed E-state index contributed by atoms with van der Waals surface area (Å²) in [6.45, 7) is 4.48. The molecule has 0 aromatic heterocycles. The van der Waals surface area contributed by atoms with Gasteiger partial charge in [-0.05, 0) is 44.9 Å². The fourth-order valence-corrected chi connectivity index (χ4v) is 2.32. The fourth-order valence-electron chi connectivity index (χ4n) is 2.32. The van der Waals surface area contributed by atoms with Crippen LogP contribution in [0.1, 0.15) is 37.0 Å². The number of carbonyl (C=O) groups excluding carboxylic acids is 1. The molecule has 2 N–H and O–H groups in total. The quantitative estimate of drug-likeness (QED) is 0.803. The Labute approximate surface area is 135 Å². The highest BCUT2D eigenvalue weighted by Crippen LogP contribution is 2.17. The summed E-state index contributed by atoms with van der Waals surface area (Å²) in [5.74, 6) is -1.30. The molecule has 1 aromatic rings. The molecule has 23 heavy (non-hydrogen) atoms. The number of hydrogen-bond donors (Lipinski definition) is 2. The zero-order valence-corrected chi connectivity index (χ0v) is 13.5. The second-order valence-electron chi connectivity index (χ2n) is 5.86. The third-order valence-electron chi connectivity index (χ3n) is 4.05. The number of nitrogens with one attached hydrogen (secondary N) is 1. The van der Waals surface area contributed by atoms with E-state index in [9.17, 15) is 9.59 Å². The summed E-state index contributed by atoms with van der Waals surface area (Å²) < 4.78 is 11.2. The summed E-state index contributed by atoms with van der Waals surface area (Å²) in [6, 6.07) is 6.39. The molecule has 3 atom stereocenters. The molecule has 1 saturated heterocycles. The van der Waals surface area contributed by atoms with Gasteiger partial charge in [0.05, 0.1) is 12.0 Å². The van der Waals surface area contributed by atoms with Gasteiger partial charge in [-0.2, -0.15) is 0 Å². The molecule has 1 aliphatic heterocycles. The predicted molar refractivity (Wildman–Crippen MR) is 84.6 cm³/mol. The molecule has 0 spiro atoms. The molecule has 6 nitrogen and oxygen atoms in total. The molecule has 0 bridgehead atoms. The largest absolute Gasteiger partial charge is 0.491 e. The van der Waals surface area contributed by atoms with Crippen LogP contribution in [-0.2, 0) is 9.53 Å². The van der Waals surface area contributed by atoms with Gasteiger partial charge in [0.15, 0.2) is 0 Å². The van der Waals surface area contributed by atoms with E-state index in [1.807, 2.05) is 0 Å². The number of benzene rings is 1. The van der Waals surface area contributed by atoms with Crippen LogP contribution in [0.4, 0.5) is 0 Å². The lowest BCUT2D eigenvalue weighted by molar-refractivity contribution is -0.141. The van der Waals surface area contributed by atoms with Crippen molar-refractivity contribution >= 4 is 11.9 Å². The van der Waals surface area contributed by atoms with Crippen molar-refractivity contribution in [3.8, 4) is 5.75 Å². The Kier molecular flexibility index (Phi) is 5.98. The molecule has 1 fully saturated rings. The van der Waals surface area contributed by atoms with E-state index in [0.717, 1.165) is 19.4 Å². The van der Waals surface area contributed by atoms with Crippen LogP contribution in [0.15, 0.2) is 24.3 Å². The van der Waals surface area contributed by atoms with E-state index in [0.29, 0.717) is 17.9 Å². The summed E-state index contributed by atoms with van der Waals surface area (Å²) in [7, 11) is 0. The number of carbonyl (C=O) groups is 2. The molecule has 2 rings (SSSR count). The fraction of sp³-hybridized carbons (Fsp3) is 0.529. The van der Waals surface area contributed by atoms with Crippen molar-refractivity contribution in [2.45, 2.75) is 38.8 Å². The van der Waals surface area contributed by atoms with Crippen LogP contribution in [0.25, 0.3) is 0 Å². The molecule has 1 aliphatic rings. The number of rotatable bonds is 7. The predicted octanol–water partition coefficient (Wildman–Crippen LogP) is 2.08. The number of aliphatic carboxylic acids is 1. The summed E-state index contributed by atoms with van der Waals surface area (Å²) >= 11 is 0. The molecule has 3 unspecified atom stereocenters. The highest BCUT2D eigenvalue weighted by Gasteiger charge is 2.22. The van der Waals surface area contributed by atoms with Crippen molar-refractivity contribution in [2.75, 3.05) is 13.2 Å². The van der Waals surface area contributed by atoms with Crippen molar-refractivity contribution in [3.05, 3.63) is 29.8 Å². The average Bonchev–Trinajstić information content (AvgIpc) is 3.05. The Morgan fingerprint density at radius 2 is 2.22 bits per heavy atom. The average molecular weight is 321 g/mol. The summed E-state index contributed by atoms with van der Waals surface area (Å²) in [6.07, 6.45) is 2.16. The highest BCUT2D eigenvalue weighted by molar-refractivity contribution is 5.95. The maximum Gasteiger partial charge on any atom is 0.308 e. The number of carboxylic acid groups (broad SMARTS) is 1. The first-order valence-corrected chi connectivity index (χ1v) is 7.85. The normalized spacial score (nSPS) is 19.8. The van der Waals surface area contributed by atoms with Gasteiger partial charge in [-0.1, -0.05) is 6.07 Å². The molecule has 0 radical (unpaired) electrons. The Morgan fingerprint density at radius 1 is 1.43 bits per heavy atom. The van der Waals surface area contributed by atoms with Crippen LogP contribution in [0, 0.1) is 5.92 Å². The van der Waals surface area contributed by atoms with E-state index in [1.165, 1.54) is 0 Å². The lowest BCUT2D eigenvalue weighted by Gasteiger charge is -2.18. The van der Waals surface area contributed by atoms with Gasteiger partial charge in [-0.25, -0.2) is 0 Å². The maximum atomic E-state index is 12.2. The number of hydrogen-bond acceptors (Lipinski definition) is 4. The van der Waals surface area contributed by atoms with Gasteiger partial charge < -0.3 is 19.9 Å². The van der Waals surface area contributed by atoms with E-state index in [2.05, 4.69) is 5.32 Å². The van der Waals surface area contributed by atoms with E-state index < -0.39 is 17.9 Å². The topological polar surface area (TPSA) is 84.9 Å². The molecule has 0 saturated carbocycles. The van der Waals surface area contributed by atoms with E-state index >= 15 is 0 Å². The zero-order chi connectivity index (χ0) is 16.8. The number of ether oxygens (including phenoxy) is 2. The molecule has 6 heteroatoms. The van der Waals surface area contributed by atoms with Crippen molar-refractivity contribution in [1.82, 2.24) is 5.32 Å². The van der Waals surface area contributed by atoms with Crippen LogP contribution in [0.2, 0.25) is 0 Å². The van der Waals surface area contributed by atoms with Gasteiger partial charge in [0.25, 0.3) is 5.91 Å². The first-order valence-electron chi connectivity index (χ1n) is 7.85. The van der Waals surface area contributed by atoms with E-state index in [1.54, 1.807) is 38.1 Å². The lowest BCUT2D eigenvalue weighted by Crippen LogP contribution is -2.40. The van der Waals surface area contributed by atoms with Gasteiger partial charge in [-0.3, -0.25) is 9.59 Å². The van der Waals surface area contributed by atoms with Crippen molar-refractivity contribution < 1.29 is 24.2 Å². The minimum absolute atomic E-state index is 0.115. The lowest BCUT2D eigenvalue weighted by atomic mass is 10.0. The Morgan fingerprint density at radius 3 is 2.87 bits per heavy atom. The number of amides is 1. The van der Waals surface area contributed by atoms with Gasteiger partial charge in [0.1, 0.15) is 12.4 Å². The standard InChI is InChI=1S/C17H23NO5/c1-11(17(20)21)12(2)18-16(19)13-5-3-6-14(9-13)23-10-15-7-4-8-22-15/h3,5-6,9,11-12,15H,4,7-8,10H2,1-2H3,(H,18,19)(H,20,21). The third-order valence-corrected chi connectivity index (χ3v) is 4.05. The third kappa shape index (κ3) is 4.96. The van der Waals surface area contributed by atoms with Gasteiger partial charge in [0, 0.05) is 18.2 Å². The molecular weight excluding hydrogens is 298 g/mol. The summed E-state index contributed by atoms with van der Waals surface area (Å²) in [5.41, 5.74) is 0.444. The SMILES string of the molecule is CC(NC(=O)c1cccc(OCC2CCCO2)c1)C(C)C(=O)O. The van der Waals surface area contributed by atoms with Crippen LogP contribution in [0.3, 0.4) is 0 Å². The van der Waals surface area contributed by atoms with Crippen LogP contribution in [0.5, 0.6) is 5.75 Å². The van der Waals surface area contributed by atoms with E-state index in [4.69, 9.17) is 14.6 Å². The molecule has 0 aliphatic carbocycles. The van der Waals surface area contributed by atoms with Gasteiger partial charge in [-0.15, -0.1) is 0 Å². The molecule has 1 aromatic carbocycles. The number of carboxylic acids is 1. The van der Waals surface area contributed by atoms with Crippen molar-refractivity contribution in [1.29, 1.82) is 0 Å². The second kappa shape index (κ2) is 7.97. The molecular formula is C17H23NO5. The second-order valence-corrected chi connectivity index (χ2v) is 5.86. The minimum atomic E-state index is -0.938. The van der Waals surface area contributed by atoms with Gasteiger partial charge >= 0.3 is 5.97 Å². The molecule has 1 amide bonds. The first kappa shape index (κ1) is 17.3. The van der Waals surface area contributed by atoms with Crippen LogP contribution >= 0.6 is 0 Å².